The molecule has 1 aliphatic rings. The zero-order valence-electron chi connectivity index (χ0n) is 12.3. The Morgan fingerprint density at radius 1 is 1.48 bits per heavy atom. The number of methoxy groups -OCH3 is 1. The number of carbonyl (C=O) groups is 1. The smallest absolute Gasteiger partial charge is 0.270 e. The standard InChI is InChI=1S/C16H18N2O2S/c1-3-14-17-10-13(21-14)16(19)18-9-5-7-11-6-4-8-12(20-2)15(11)18/h4,6,8,10H,3,5,7,9H2,1-2H3. The maximum atomic E-state index is 12.8. The van der Waals surface area contributed by atoms with E-state index in [1.165, 1.54) is 16.9 Å². The van der Waals surface area contributed by atoms with Gasteiger partial charge < -0.3 is 9.64 Å². The van der Waals surface area contributed by atoms with Crippen molar-refractivity contribution < 1.29 is 9.53 Å². The number of rotatable bonds is 3. The van der Waals surface area contributed by atoms with E-state index in [4.69, 9.17) is 4.74 Å². The van der Waals surface area contributed by atoms with Crippen LogP contribution in [0.4, 0.5) is 5.69 Å². The minimum atomic E-state index is 0.0256. The number of aromatic nitrogens is 1. The van der Waals surface area contributed by atoms with Crippen LogP contribution in [0.15, 0.2) is 24.4 Å². The molecule has 1 amide bonds. The highest BCUT2D eigenvalue weighted by molar-refractivity contribution is 7.13. The van der Waals surface area contributed by atoms with Gasteiger partial charge in [-0.25, -0.2) is 4.98 Å². The monoisotopic (exact) mass is 302 g/mol. The number of anilines is 1. The summed E-state index contributed by atoms with van der Waals surface area (Å²) in [4.78, 5) is 19.6. The number of para-hydroxylation sites is 1. The molecule has 2 heterocycles. The molecule has 0 saturated heterocycles. The molecule has 1 aromatic carbocycles. The molecule has 0 aliphatic carbocycles. The van der Waals surface area contributed by atoms with Gasteiger partial charge in [0.15, 0.2) is 0 Å². The molecule has 4 nitrogen and oxygen atoms in total. The first kappa shape index (κ1) is 14.1. The molecule has 21 heavy (non-hydrogen) atoms. The zero-order valence-corrected chi connectivity index (χ0v) is 13.1. The van der Waals surface area contributed by atoms with E-state index in [1.54, 1.807) is 13.3 Å². The van der Waals surface area contributed by atoms with E-state index in [2.05, 4.69) is 11.1 Å². The van der Waals surface area contributed by atoms with Crippen molar-refractivity contribution in [1.29, 1.82) is 0 Å². The van der Waals surface area contributed by atoms with Gasteiger partial charge in [-0.2, -0.15) is 0 Å². The van der Waals surface area contributed by atoms with Gasteiger partial charge in [-0.3, -0.25) is 4.79 Å². The molecule has 0 fully saturated rings. The summed E-state index contributed by atoms with van der Waals surface area (Å²) in [6, 6.07) is 5.96. The second-order valence-electron chi connectivity index (χ2n) is 5.00. The van der Waals surface area contributed by atoms with Gasteiger partial charge in [-0.1, -0.05) is 19.1 Å². The fourth-order valence-corrected chi connectivity index (χ4v) is 3.50. The number of hydrogen-bond donors (Lipinski definition) is 0. The number of hydrogen-bond acceptors (Lipinski definition) is 4. The van der Waals surface area contributed by atoms with Crippen molar-refractivity contribution in [2.45, 2.75) is 26.2 Å². The average molecular weight is 302 g/mol. The Labute approximate surface area is 128 Å². The number of fused-ring (bicyclic) bond motifs is 1. The van der Waals surface area contributed by atoms with Crippen LogP contribution in [-0.4, -0.2) is 24.5 Å². The van der Waals surface area contributed by atoms with Gasteiger partial charge in [-0.15, -0.1) is 11.3 Å². The van der Waals surface area contributed by atoms with Crippen LogP contribution in [0.5, 0.6) is 5.75 Å². The molecule has 0 spiro atoms. The average Bonchev–Trinajstić information content (AvgIpc) is 3.02. The third-order valence-corrected chi connectivity index (χ3v) is 4.84. The summed E-state index contributed by atoms with van der Waals surface area (Å²) in [6.45, 7) is 2.78. The Bertz CT molecular complexity index is 652. The summed E-state index contributed by atoms with van der Waals surface area (Å²) >= 11 is 1.48. The number of thiazole rings is 1. The van der Waals surface area contributed by atoms with Crippen molar-refractivity contribution in [2.75, 3.05) is 18.6 Å². The Kier molecular flexibility index (Phi) is 3.92. The van der Waals surface area contributed by atoms with E-state index in [1.807, 2.05) is 24.0 Å². The quantitative estimate of drug-likeness (QED) is 0.873. The molecule has 110 valence electrons. The van der Waals surface area contributed by atoms with Gasteiger partial charge in [0.05, 0.1) is 24.0 Å². The highest BCUT2D eigenvalue weighted by atomic mass is 32.1. The summed E-state index contributed by atoms with van der Waals surface area (Å²) in [5.41, 5.74) is 2.09. The fraction of sp³-hybridized carbons (Fsp3) is 0.375. The van der Waals surface area contributed by atoms with Crippen LogP contribution in [0, 0.1) is 0 Å². The number of carbonyl (C=O) groups excluding carboxylic acids is 1. The number of ether oxygens (including phenoxy) is 1. The molecular weight excluding hydrogens is 284 g/mol. The molecule has 0 bridgehead atoms. The number of aryl methyl sites for hydroxylation is 2. The van der Waals surface area contributed by atoms with Gasteiger partial charge in [-0.05, 0) is 30.9 Å². The summed E-state index contributed by atoms with van der Waals surface area (Å²) in [6.07, 6.45) is 4.51. The molecule has 0 radical (unpaired) electrons. The van der Waals surface area contributed by atoms with Crippen molar-refractivity contribution >= 4 is 22.9 Å². The Balaban J connectivity index is 1.99. The molecule has 0 saturated carbocycles. The molecular formula is C16H18N2O2S. The third-order valence-electron chi connectivity index (χ3n) is 3.71. The van der Waals surface area contributed by atoms with Gasteiger partial charge >= 0.3 is 0 Å². The van der Waals surface area contributed by atoms with Crippen LogP contribution in [-0.2, 0) is 12.8 Å². The fourth-order valence-electron chi connectivity index (χ4n) is 2.69. The third kappa shape index (κ3) is 2.53. The van der Waals surface area contributed by atoms with Gasteiger partial charge in [0.1, 0.15) is 10.6 Å². The lowest BCUT2D eigenvalue weighted by Gasteiger charge is -2.30. The van der Waals surface area contributed by atoms with E-state index < -0.39 is 0 Å². The van der Waals surface area contributed by atoms with Crippen molar-refractivity contribution in [2.24, 2.45) is 0 Å². The minimum absolute atomic E-state index is 0.0256. The summed E-state index contributed by atoms with van der Waals surface area (Å²) in [5, 5.41) is 0.996. The second kappa shape index (κ2) is 5.85. The number of benzene rings is 1. The summed E-state index contributed by atoms with van der Waals surface area (Å²) in [5.74, 6) is 0.790. The normalized spacial score (nSPS) is 13.9. The van der Waals surface area contributed by atoms with Crippen molar-refractivity contribution in [3.63, 3.8) is 0 Å². The van der Waals surface area contributed by atoms with Crippen molar-refractivity contribution in [3.8, 4) is 5.75 Å². The largest absolute Gasteiger partial charge is 0.495 e. The van der Waals surface area contributed by atoms with E-state index in [0.717, 1.165) is 42.3 Å². The molecule has 0 N–H and O–H groups in total. The Hall–Kier alpha value is -1.88. The first-order valence-corrected chi connectivity index (χ1v) is 7.98. The first-order valence-electron chi connectivity index (χ1n) is 7.17. The predicted molar refractivity (Wildman–Crippen MR) is 84.5 cm³/mol. The van der Waals surface area contributed by atoms with Crippen molar-refractivity contribution in [1.82, 2.24) is 4.98 Å². The lowest BCUT2D eigenvalue weighted by atomic mass is 10.0. The van der Waals surface area contributed by atoms with Crippen molar-refractivity contribution in [3.05, 3.63) is 39.8 Å². The van der Waals surface area contributed by atoms with E-state index in [-0.39, 0.29) is 5.91 Å². The molecule has 2 aromatic rings. The molecule has 5 heteroatoms. The Morgan fingerprint density at radius 3 is 3.05 bits per heavy atom. The molecule has 1 aliphatic heterocycles. The molecule has 0 atom stereocenters. The summed E-state index contributed by atoms with van der Waals surface area (Å²) in [7, 11) is 1.65. The minimum Gasteiger partial charge on any atom is -0.495 e. The van der Waals surface area contributed by atoms with E-state index >= 15 is 0 Å². The summed E-state index contributed by atoms with van der Waals surface area (Å²) < 4.78 is 5.45. The van der Waals surface area contributed by atoms with Gasteiger partial charge in [0.2, 0.25) is 0 Å². The SMILES string of the molecule is CCc1ncc(C(=O)N2CCCc3cccc(OC)c32)s1. The van der Waals surface area contributed by atoms with Crippen LogP contribution < -0.4 is 9.64 Å². The van der Waals surface area contributed by atoms with Crippen LogP contribution in [0.1, 0.15) is 33.6 Å². The maximum absolute atomic E-state index is 12.8. The maximum Gasteiger partial charge on any atom is 0.270 e. The molecule has 0 unspecified atom stereocenters. The highest BCUT2D eigenvalue weighted by Crippen LogP contribution is 2.37. The second-order valence-corrected chi connectivity index (χ2v) is 6.12. The van der Waals surface area contributed by atoms with Crippen LogP contribution in [0.3, 0.4) is 0 Å². The number of nitrogens with zero attached hydrogens (tertiary/aromatic N) is 2. The number of amides is 1. The van der Waals surface area contributed by atoms with Crippen LogP contribution in [0.2, 0.25) is 0 Å². The lowest BCUT2D eigenvalue weighted by Crippen LogP contribution is -2.35. The topological polar surface area (TPSA) is 42.4 Å². The van der Waals surface area contributed by atoms with Crippen LogP contribution in [0.25, 0.3) is 0 Å². The lowest BCUT2D eigenvalue weighted by molar-refractivity contribution is 0.0988. The zero-order chi connectivity index (χ0) is 14.8. The molecule has 3 rings (SSSR count). The first-order chi connectivity index (χ1) is 10.2. The predicted octanol–water partition coefficient (Wildman–Crippen LogP) is 3.31. The Morgan fingerprint density at radius 2 is 2.33 bits per heavy atom. The highest BCUT2D eigenvalue weighted by Gasteiger charge is 2.27. The van der Waals surface area contributed by atoms with E-state index in [0.29, 0.717) is 4.88 Å². The molecule has 1 aromatic heterocycles. The van der Waals surface area contributed by atoms with Crippen LogP contribution >= 0.6 is 11.3 Å². The van der Waals surface area contributed by atoms with Gasteiger partial charge in [0.25, 0.3) is 5.91 Å². The van der Waals surface area contributed by atoms with E-state index in [9.17, 15) is 4.79 Å². The van der Waals surface area contributed by atoms with Gasteiger partial charge in [0, 0.05) is 6.54 Å².